The third-order valence-corrected chi connectivity index (χ3v) is 3.21. The Hall–Kier alpha value is -2.43. The highest BCUT2D eigenvalue weighted by molar-refractivity contribution is 7.48. The fourth-order valence-corrected chi connectivity index (χ4v) is 2.15. The second-order valence-corrected chi connectivity index (χ2v) is 5.26. The Bertz CT molecular complexity index is 626. The summed E-state index contributed by atoms with van der Waals surface area (Å²) in [6.45, 7) is 0. The summed E-state index contributed by atoms with van der Waals surface area (Å²) in [7, 11) is -4.83. The molecule has 108 valence electrons. The molecule has 0 aromatic heterocycles. The highest BCUT2D eigenvalue weighted by Gasteiger charge is 2.31. The van der Waals surface area contributed by atoms with Gasteiger partial charge in [0.05, 0.1) is 11.1 Å². The molecule has 0 saturated carbocycles. The van der Waals surface area contributed by atoms with E-state index >= 15 is 0 Å². The van der Waals surface area contributed by atoms with Crippen molar-refractivity contribution in [2.75, 3.05) is 0 Å². The van der Waals surface area contributed by atoms with E-state index in [4.69, 9.17) is 0 Å². The van der Waals surface area contributed by atoms with Gasteiger partial charge in [-0.1, -0.05) is 36.4 Å². The minimum atomic E-state index is -4.83. The molecule has 21 heavy (non-hydrogen) atoms. The van der Waals surface area contributed by atoms with Crippen LogP contribution in [0.1, 0.15) is 20.7 Å². The van der Waals surface area contributed by atoms with Gasteiger partial charge in [0.15, 0.2) is 0 Å². The molecule has 0 unspecified atom stereocenters. The largest absolute Gasteiger partial charge is 0.589 e. The van der Waals surface area contributed by atoms with E-state index in [2.05, 4.69) is 9.05 Å². The van der Waals surface area contributed by atoms with Gasteiger partial charge in [0.2, 0.25) is 0 Å². The lowest BCUT2D eigenvalue weighted by molar-refractivity contribution is 0.0566. The van der Waals surface area contributed by atoms with Gasteiger partial charge in [-0.3, -0.25) is 4.89 Å². The first-order valence-electron chi connectivity index (χ1n) is 5.89. The van der Waals surface area contributed by atoms with E-state index in [0.29, 0.717) is 0 Å². The van der Waals surface area contributed by atoms with E-state index < -0.39 is 19.8 Å². The van der Waals surface area contributed by atoms with Crippen molar-refractivity contribution in [1.29, 1.82) is 0 Å². The molecular weight excluding hydrogens is 295 g/mol. The van der Waals surface area contributed by atoms with Gasteiger partial charge in [-0.05, 0) is 24.3 Å². The van der Waals surface area contributed by atoms with Crippen molar-refractivity contribution in [3.8, 4) is 0 Å². The molecule has 0 heterocycles. The maximum absolute atomic E-state index is 11.7. The van der Waals surface area contributed by atoms with Crippen LogP contribution in [0.4, 0.5) is 0 Å². The molecule has 0 saturated heterocycles. The van der Waals surface area contributed by atoms with Gasteiger partial charge in [0.1, 0.15) is 0 Å². The van der Waals surface area contributed by atoms with Gasteiger partial charge in [0.25, 0.3) is 0 Å². The SMILES string of the molecule is O=C(OP(=O)(O)OC(=O)c1ccccc1)c1ccccc1. The molecule has 7 heteroatoms. The van der Waals surface area contributed by atoms with Crippen molar-refractivity contribution < 1.29 is 28.1 Å². The first-order valence-corrected chi connectivity index (χ1v) is 7.38. The van der Waals surface area contributed by atoms with Crippen LogP contribution in [0.25, 0.3) is 0 Å². The fraction of sp³-hybridized carbons (Fsp3) is 0. The number of carbonyl (C=O) groups is 2. The van der Waals surface area contributed by atoms with Crippen LogP contribution in [0.15, 0.2) is 60.7 Å². The number of phosphoric ester groups is 1. The summed E-state index contributed by atoms with van der Waals surface area (Å²) in [5, 5.41) is 0. The average molecular weight is 306 g/mol. The summed E-state index contributed by atoms with van der Waals surface area (Å²) in [6.07, 6.45) is 0. The van der Waals surface area contributed by atoms with Crippen molar-refractivity contribution in [3.05, 3.63) is 71.8 Å². The third kappa shape index (κ3) is 4.27. The second-order valence-electron chi connectivity index (χ2n) is 3.96. The van der Waals surface area contributed by atoms with E-state index in [9.17, 15) is 19.0 Å². The predicted molar refractivity (Wildman–Crippen MR) is 73.5 cm³/mol. The number of benzene rings is 2. The van der Waals surface area contributed by atoms with Gasteiger partial charge >= 0.3 is 19.8 Å². The molecule has 0 fully saturated rings. The molecule has 1 N–H and O–H groups in total. The lowest BCUT2D eigenvalue weighted by Crippen LogP contribution is -2.09. The summed E-state index contributed by atoms with van der Waals surface area (Å²) in [5.41, 5.74) is 0.144. The number of hydrogen-bond acceptors (Lipinski definition) is 5. The number of hydrogen-bond donors (Lipinski definition) is 1. The summed E-state index contributed by atoms with van der Waals surface area (Å²) in [5.74, 6) is -2.11. The lowest BCUT2D eigenvalue weighted by atomic mass is 10.2. The van der Waals surface area contributed by atoms with Crippen molar-refractivity contribution in [3.63, 3.8) is 0 Å². The number of carbonyl (C=O) groups excluding carboxylic acids is 2. The molecule has 0 spiro atoms. The van der Waals surface area contributed by atoms with E-state index in [1.807, 2.05) is 0 Å². The molecule has 0 amide bonds. The molecule has 6 nitrogen and oxygen atoms in total. The van der Waals surface area contributed by atoms with Crippen LogP contribution in [-0.4, -0.2) is 16.8 Å². The highest BCUT2D eigenvalue weighted by atomic mass is 31.2. The maximum atomic E-state index is 11.7. The Morgan fingerprint density at radius 3 is 1.43 bits per heavy atom. The van der Waals surface area contributed by atoms with Crippen LogP contribution >= 0.6 is 7.82 Å². The Morgan fingerprint density at radius 1 is 0.762 bits per heavy atom. The van der Waals surface area contributed by atoms with E-state index in [-0.39, 0.29) is 11.1 Å². The van der Waals surface area contributed by atoms with E-state index in [1.54, 1.807) is 36.4 Å². The molecule has 0 aliphatic rings. The van der Waals surface area contributed by atoms with Gasteiger partial charge in [0, 0.05) is 0 Å². The first-order chi connectivity index (χ1) is 9.98. The zero-order valence-electron chi connectivity index (χ0n) is 10.7. The zero-order chi connectivity index (χ0) is 15.3. The normalized spacial score (nSPS) is 10.7. The maximum Gasteiger partial charge on any atom is 0.589 e. The Kier molecular flexibility index (Phi) is 4.52. The van der Waals surface area contributed by atoms with Gasteiger partial charge in [-0.15, -0.1) is 0 Å². The zero-order valence-corrected chi connectivity index (χ0v) is 11.6. The Morgan fingerprint density at radius 2 is 1.10 bits per heavy atom. The van der Waals surface area contributed by atoms with Crippen LogP contribution in [0, 0.1) is 0 Å². The summed E-state index contributed by atoms with van der Waals surface area (Å²) in [4.78, 5) is 32.7. The van der Waals surface area contributed by atoms with Crippen LogP contribution in [-0.2, 0) is 13.6 Å². The van der Waals surface area contributed by atoms with Crippen LogP contribution in [0.5, 0.6) is 0 Å². The Balaban J connectivity index is 2.04. The minimum absolute atomic E-state index is 0.0718. The molecule has 2 rings (SSSR count). The predicted octanol–water partition coefficient (Wildman–Crippen LogP) is 2.80. The lowest BCUT2D eigenvalue weighted by Gasteiger charge is -2.11. The van der Waals surface area contributed by atoms with E-state index in [1.165, 1.54) is 24.3 Å². The molecule has 0 atom stereocenters. The second kappa shape index (κ2) is 6.35. The van der Waals surface area contributed by atoms with Crippen molar-refractivity contribution in [2.24, 2.45) is 0 Å². The molecule has 0 bridgehead atoms. The minimum Gasteiger partial charge on any atom is -0.357 e. The summed E-state index contributed by atoms with van der Waals surface area (Å²) >= 11 is 0. The summed E-state index contributed by atoms with van der Waals surface area (Å²) < 4.78 is 20.3. The smallest absolute Gasteiger partial charge is 0.357 e. The van der Waals surface area contributed by atoms with Crippen LogP contribution < -0.4 is 0 Å². The van der Waals surface area contributed by atoms with Gasteiger partial charge in [-0.2, -0.15) is 0 Å². The van der Waals surface area contributed by atoms with Crippen molar-refractivity contribution in [2.45, 2.75) is 0 Å². The fourth-order valence-electron chi connectivity index (χ4n) is 1.48. The molecule has 0 radical (unpaired) electrons. The standard InChI is InChI=1S/C14H11O6P/c15-13(11-7-3-1-4-8-11)19-21(17,18)20-14(16)12-9-5-2-6-10-12/h1-10H,(H,17,18). The molecule has 2 aromatic carbocycles. The Labute approximate surface area is 120 Å². The number of rotatable bonds is 4. The summed E-state index contributed by atoms with van der Waals surface area (Å²) in [6, 6.07) is 15.2. The van der Waals surface area contributed by atoms with E-state index in [0.717, 1.165) is 0 Å². The quantitative estimate of drug-likeness (QED) is 0.874. The third-order valence-electron chi connectivity index (χ3n) is 2.42. The van der Waals surface area contributed by atoms with Crippen molar-refractivity contribution >= 4 is 19.8 Å². The van der Waals surface area contributed by atoms with Gasteiger partial charge in [-0.25, -0.2) is 14.2 Å². The number of phosphoric acid groups is 1. The molecular formula is C14H11O6P. The highest BCUT2D eigenvalue weighted by Crippen LogP contribution is 2.44. The van der Waals surface area contributed by atoms with Crippen molar-refractivity contribution in [1.82, 2.24) is 0 Å². The van der Waals surface area contributed by atoms with Gasteiger partial charge < -0.3 is 9.05 Å². The molecule has 0 aliphatic carbocycles. The topological polar surface area (TPSA) is 89.9 Å². The molecule has 2 aromatic rings. The average Bonchev–Trinajstić information content (AvgIpc) is 2.48. The van der Waals surface area contributed by atoms with Crippen LogP contribution in [0.3, 0.4) is 0 Å². The molecule has 0 aliphatic heterocycles. The first kappa shape index (κ1) is 15.0. The monoisotopic (exact) mass is 306 g/mol. The van der Waals surface area contributed by atoms with Crippen LogP contribution in [0.2, 0.25) is 0 Å².